The lowest BCUT2D eigenvalue weighted by Crippen LogP contribution is -2.04. The zero-order chi connectivity index (χ0) is 15.4. The van der Waals surface area contributed by atoms with E-state index < -0.39 is 0 Å². The van der Waals surface area contributed by atoms with Crippen molar-refractivity contribution in [2.45, 2.75) is 40.0 Å². The third-order valence-corrected chi connectivity index (χ3v) is 3.28. The SMILES string of the molecule is CC1(C)CC=C(c2ccccc2)C1.CCCCl.NC=O. The predicted octanol–water partition coefficient (Wildman–Crippen LogP) is 4.63. The number of alkyl halides is 1. The molecule has 1 aliphatic rings. The van der Waals surface area contributed by atoms with E-state index in [1.165, 1.54) is 24.0 Å². The molecule has 1 aromatic carbocycles. The van der Waals surface area contributed by atoms with Gasteiger partial charge in [-0.25, -0.2) is 0 Å². The van der Waals surface area contributed by atoms with Crippen LogP contribution in [0.25, 0.3) is 5.57 Å². The molecule has 2 N–H and O–H groups in total. The standard InChI is InChI=1S/C13H16.C3H7Cl.CH3NO/c1-13(2)9-8-12(10-13)11-6-4-3-5-7-11;1-2-3-4;2-1-3/h3-8H,9-10H2,1-2H3;2-3H2,1H3;1H,(H2,2,3). The fraction of sp³-hybridized carbons (Fsp3) is 0.471. The van der Waals surface area contributed by atoms with Gasteiger partial charge in [0.1, 0.15) is 0 Å². The topological polar surface area (TPSA) is 43.1 Å². The van der Waals surface area contributed by atoms with Crippen LogP contribution in [0.15, 0.2) is 36.4 Å². The molecule has 0 aromatic heterocycles. The normalized spacial score (nSPS) is 15.1. The summed E-state index contributed by atoms with van der Waals surface area (Å²) in [7, 11) is 0. The first-order chi connectivity index (χ1) is 9.50. The molecule has 0 saturated carbocycles. The van der Waals surface area contributed by atoms with Crippen molar-refractivity contribution in [1.29, 1.82) is 0 Å². The second kappa shape index (κ2) is 10.5. The van der Waals surface area contributed by atoms with Crippen molar-refractivity contribution in [3.05, 3.63) is 42.0 Å². The third-order valence-electron chi connectivity index (χ3n) is 2.90. The number of halogens is 1. The number of hydrogen-bond donors (Lipinski definition) is 1. The monoisotopic (exact) mass is 295 g/mol. The van der Waals surface area contributed by atoms with Crippen LogP contribution in [0.2, 0.25) is 0 Å². The Balaban J connectivity index is 0.000000438. The van der Waals surface area contributed by atoms with Crippen LogP contribution < -0.4 is 5.73 Å². The maximum Gasteiger partial charge on any atom is 0.204 e. The fourth-order valence-electron chi connectivity index (χ4n) is 1.93. The van der Waals surface area contributed by atoms with Gasteiger partial charge in [0.25, 0.3) is 0 Å². The maximum atomic E-state index is 8.58. The van der Waals surface area contributed by atoms with E-state index in [2.05, 4.69) is 56.0 Å². The largest absolute Gasteiger partial charge is 0.372 e. The average Bonchev–Trinajstić information content (AvgIpc) is 2.81. The molecule has 0 spiro atoms. The van der Waals surface area contributed by atoms with Crippen LogP contribution in [0, 0.1) is 5.41 Å². The third kappa shape index (κ3) is 8.00. The molecule has 0 saturated heterocycles. The zero-order valence-electron chi connectivity index (χ0n) is 12.7. The second-order valence-electron chi connectivity index (χ2n) is 5.47. The van der Waals surface area contributed by atoms with Gasteiger partial charge < -0.3 is 5.73 Å². The number of rotatable bonds is 2. The molecule has 0 unspecified atom stereocenters. The highest BCUT2D eigenvalue weighted by molar-refractivity contribution is 6.17. The first-order valence-corrected chi connectivity index (χ1v) is 7.50. The Morgan fingerprint density at radius 2 is 1.80 bits per heavy atom. The highest BCUT2D eigenvalue weighted by Gasteiger charge is 2.24. The van der Waals surface area contributed by atoms with Crippen LogP contribution >= 0.6 is 11.6 Å². The summed E-state index contributed by atoms with van der Waals surface area (Å²) in [5, 5.41) is 0. The maximum absolute atomic E-state index is 8.58. The highest BCUT2D eigenvalue weighted by Crippen LogP contribution is 2.40. The lowest BCUT2D eigenvalue weighted by atomic mass is 9.88. The van der Waals surface area contributed by atoms with E-state index in [1.807, 2.05) is 6.92 Å². The minimum atomic E-state index is 0.250. The van der Waals surface area contributed by atoms with Gasteiger partial charge in [0.15, 0.2) is 0 Å². The van der Waals surface area contributed by atoms with Gasteiger partial charge in [-0.15, -0.1) is 11.6 Å². The fourth-order valence-corrected chi connectivity index (χ4v) is 1.93. The number of carbonyl (C=O) groups is 1. The number of allylic oxidation sites excluding steroid dienone is 2. The minimum Gasteiger partial charge on any atom is -0.372 e. The minimum absolute atomic E-state index is 0.250. The molecule has 0 aliphatic heterocycles. The summed E-state index contributed by atoms with van der Waals surface area (Å²) in [4.78, 5) is 8.58. The van der Waals surface area contributed by atoms with Gasteiger partial charge in [-0.3, -0.25) is 4.79 Å². The molecule has 0 heterocycles. The molecule has 0 fully saturated rings. The molecule has 0 bridgehead atoms. The van der Waals surface area contributed by atoms with E-state index in [4.69, 9.17) is 16.4 Å². The number of nitrogens with two attached hydrogens (primary N) is 1. The number of primary amides is 1. The molecular formula is C17H26ClNO. The van der Waals surface area contributed by atoms with Gasteiger partial charge >= 0.3 is 0 Å². The van der Waals surface area contributed by atoms with E-state index >= 15 is 0 Å². The summed E-state index contributed by atoms with van der Waals surface area (Å²) in [6.07, 6.45) is 6.16. The first-order valence-electron chi connectivity index (χ1n) is 6.96. The molecule has 2 rings (SSSR count). The number of benzene rings is 1. The Morgan fingerprint density at radius 3 is 2.15 bits per heavy atom. The Morgan fingerprint density at radius 1 is 1.30 bits per heavy atom. The molecule has 0 atom stereocenters. The van der Waals surface area contributed by atoms with Gasteiger partial charge in [-0.1, -0.05) is 57.2 Å². The number of amides is 1. The van der Waals surface area contributed by atoms with Gasteiger partial charge in [0, 0.05) is 5.88 Å². The van der Waals surface area contributed by atoms with Crippen molar-refractivity contribution >= 4 is 23.6 Å². The van der Waals surface area contributed by atoms with Crippen LogP contribution in [0.1, 0.15) is 45.6 Å². The molecule has 1 aromatic rings. The first kappa shape index (κ1) is 18.7. The van der Waals surface area contributed by atoms with E-state index in [-0.39, 0.29) is 6.41 Å². The van der Waals surface area contributed by atoms with E-state index in [1.54, 1.807) is 0 Å². The van der Waals surface area contributed by atoms with Gasteiger partial charge in [-0.05, 0) is 35.8 Å². The quantitative estimate of drug-likeness (QED) is 0.627. The Hall–Kier alpha value is -1.28. The highest BCUT2D eigenvalue weighted by atomic mass is 35.5. The molecular weight excluding hydrogens is 270 g/mol. The van der Waals surface area contributed by atoms with Crippen molar-refractivity contribution < 1.29 is 4.79 Å². The zero-order valence-corrected chi connectivity index (χ0v) is 13.5. The average molecular weight is 296 g/mol. The van der Waals surface area contributed by atoms with Crippen molar-refractivity contribution in [2.24, 2.45) is 11.1 Å². The molecule has 3 heteroatoms. The van der Waals surface area contributed by atoms with Crippen LogP contribution in [0.5, 0.6) is 0 Å². The van der Waals surface area contributed by atoms with E-state index in [9.17, 15) is 0 Å². The van der Waals surface area contributed by atoms with Crippen molar-refractivity contribution in [1.82, 2.24) is 0 Å². The van der Waals surface area contributed by atoms with Gasteiger partial charge in [0.05, 0.1) is 0 Å². The lowest BCUT2D eigenvalue weighted by molar-refractivity contribution is -0.106. The smallest absolute Gasteiger partial charge is 0.204 e. The Bertz CT molecular complexity index is 397. The summed E-state index contributed by atoms with van der Waals surface area (Å²) in [5.41, 5.74) is 7.56. The summed E-state index contributed by atoms with van der Waals surface area (Å²) in [6.45, 7) is 6.71. The summed E-state index contributed by atoms with van der Waals surface area (Å²) in [5.74, 6) is 0.792. The van der Waals surface area contributed by atoms with Gasteiger partial charge in [-0.2, -0.15) is 0 Å². The van der Waals surface area contributed by atoms with Gasteiger partial charge in [0.2, 0.25) is 6.41 Å². The van der Waals surface area contributed by atoms with Crippen LogP contribution in [-0.4, -0.2) is 12.3 Å². The molecule has 1 amide bonds. The number of carbonyl (C=O) groups excluding carboxylic acids is 1. The van der Waals surface area contributed by atoms with E-state index in [0.717, 1.165) is 12.3 Å². The second-order valence-corrected chi connectivity index (χ2v) is 5.84. The summed E-state index contributed by atoms with van der Waals surface area (Å²) < 4.78 is 0. The molecule has 2 nitrogen and oxygen atoms in total. The van der Waals surface area contributed by atoms with Crippen molar-refractivity contribution in [2.75, 3.05) is 5.88 Å². The van der Waals surface area contributed by atoms with Crippen LogP contribution in [0.4, 0.5) is 0 Å². The molecule has 112 valence electrons. The van der Waals surface area contributed by atoms with Crippen LogP contribution in [0.3, 0.4) is 0 Å². The van der Waals surface area contributed by atoms with Crippen LogP contribution in [-0.2, 0) is 4.79 Å². The van der Waals surface area contributed by atoms with E-state index in [0.29, 0.717) is 5.41 Å². The van der Waals surface area contributed by atoms with Crippen molar-refractivity contribution in [3.8, 4) is 0 Å². The Kier molecular flexibility index (Phi) is 9.83. The molecule has 20 heavy (non-hydrogen) atoms. The molecule has 1 aliphatic carbocycles. The Labute approximate surface area is 128 Å². The molecule has 0 radical (unpaired) electrons. The number of hydrogen-bond acceptors (Lipinski definition) is 1. The summed E-state index contributed by atoms with van der Waals surface area (Å²) in [6, 6.07) is 10.7. The van der Waals surface area contributed by atoms with Crippen molar-refractivity contribution in [3.63, 3.8) is 0 Å². The predicted molar refractivity (Wildman–Crippen MR) is 88.7 cm³/mol. The lowest BCUT2D eigenvalue weighted by Gasteiger charge is -2.16. The summed E-state index contributed by atoms with van der Waals surface area (Å²) >= 11 is 5.19.